The molecule has 0 bridgehead atoms. The highest BCUT2D eigenvalue weighted by atomic mass is 19.4. The number of hydrogen-bond donors (Lipinski definition) is 0. The van der Waals surface area contributed by atoms with Crippen LogP contribution in [0.3, 0.4) is 0 Å². The summed E-state index contributed by atoms with van der Waals surface area (Å²) in [5.74, 6) is -0.784. The molecular weight excluding hydrogens is 452 g/mol. The number of nitrogens with zero attached hydrogens (tertiary/aromatic N) is 2. The van der Waals surface area contributed by atoms with Gasteiger partial charge in [0.1, 0.15) is 18.1 Å². The largest absolute Gasteiger partial charge is 0.467 e. The van der Waals surface area contributed by atoms with E-state index in [-0.39, 0.29) is 37.6 Å². The first-order chi connectivity index (χ1) is 16.2. The van der Waals surface area contributed by atoms with Crippen molar-refractivity contribution >= 4 is 11.8 Å². The van der Waals surface area contributed by atoms with Crippen molar-refractivity contribution in [3.05, 3.63) is 95.2 Å². The third-order valence-electron chi connectivity index (χ3n) is 5.13. The van der Waals surface area contributed by atoms with Gasteiger partial charge in [-0.2, -0.15) is 13.2 Å². The fraction of sp³-hybridized carbons (Fsp3) is 0.280. The predicted molar refractivity (Wildman–Crippen MR) is 117 cm³/mol. The van der Waals surface area contributed by atoms with Crippen molar-refractivity contribution in [3.63, 3.8) is 0 Å². The average Bonchev–Trinajstić information content (AvgIpc) is 3.32. The van der Waals surface area contributed by atoms with Crippen LogP contribution in [0.5, 0.6) is 0 Å². The summed E-state index contributed by atoms with van der Waals surface area (Å²) < 4.78 is 57.2. The van der Waals surface area contributed by atoms with Gasteiger partial charge in [0, 0.05) is 18.7 Å². The van der Waals surface area contributed by atoms with Gasteiger partial charge in [-0.1, -0.05) is 19.1 Å². The highest BCUT2D eigenvalue weighted by molar-refractivity contribution is 5.96. The van der Waals surface area contributed by atoms with Crippen molar-refractivity contribution in [2.75, 3.05) is 13.1 Å². The van der Waals surface area contributed by atoms with E-state index in [1.165, 1.54) is 28.2 Å². The molecule has 0 saturated heterocycles. The van der Waals surface area contributed by atoms with Gasteiger partial charge in [0.15, 0.2) is 0 Å². The number of hydrogen-bond acceptors (Lipinski definition) is 3. The van der Waals surface area contributed by atoms with Crippen molar-refractivity contribution in [2.45, 2.75) is 32.6 Å². The first-order valence-corrected chi connectivity index (χ1v) is 10.7. The van der Waals surface area contributed by atoms with Crippen molar-refractivity contribution in [3.8, 4) is 0 Å². The Kier molecular flexibility index (Phi) is 8.09. The smallest absolute Gasteiger partial charge is 0.416 e. The summed E-state index contributed by atoms with van der Waals surface area (Å²) in [5, 5.41) is 0. The molecule has 0 aliphatic carbocycles. The average molecular weight is 476 g/mol. The summed E-state index contributed by atoms with van der Waals surface area (Å²) in [4.78, 5) is 29.0. The number of furan rings is 1. The maximum atomic E-state index is 13.3. The van der Waals surface area contributed by atoms with Crippen LogP contribution in [0.25, 0.3) is 0 Å². The van der Waals surface area contributed by atoms with Crippen molar-refractivity contribution < 1.29 is 31.6 Å². The number of rotatable bonds is 9. The summed E-state index contributed by atoms with van der Waals surface area (Å²) >= 11 is 0. The predicted octanol–water partition coefficient (Wildman–Crippen LogP) is 5.52. The maximum absolute atomic E-state index is 13.3. The van der Waals surface area contributed by atoms with Crippen LogP contribution in [0, 0.1) is 5.82 Å². The molecule has 9 heteroatoms. The highest BCUT2D eigenvalue weighted by Crippen LogP contribution is 2.29. The number of carbonyl (C=O) groups is 2. The monoisotopic (exact) mass is 476 g/mol. The Morgan fingerprint density at radius 3 is 2.15 bits per heavy atom. The molecule has 0 aliphatic rings. The number of alkyl halides is 3. The Bertz CT molecular complexity index is 1080. The van der Waals surface area contributed by atoms with Crippen LogP contribution in [0.2, 0.25) is 0 Å². The Balaban J connectivity index is 1.78. The Morgan fingerprint density at radius 2 is 1.59 bits per heavy atom. The highest BCUT2D eigenvalue weighted by Gasteiger charge is 2.30. The van der Waals surface area contributed by atoms with E-state index in [0.29, 0.717) is 17.7 Å². The van der Waals surface area contributed by atoms with E-state index in [4.69, 9.17) is 4.42 Å². The summed E-state index contributed by atoms with van der Waals surface area (Å²) in [7, 11) is 0. The van der Waals surface area contributed by atoms with Crippen LogP contribution in [-0.4, -0.2) is 34.7 Å². The first kappa shape index (κ1) is 25.0. The number of amides is 2. The number of benzene rings is 2. The molecule has 0 N–H and O–H groups in total. The summed E-state index contributed by atoms with van der Waals surface area (Å²) in [6.45, 7) is 2.11. The van der Waals surface area contributed by atoms with E-state index in [1.54, 1.807) is 24.3 Å². The molecule has 0 unspecified atom stereocenters. The molecule has 5 nitrogen and oxygen atoms in total. The Hall–Kier alpha value is -3.62. The van der Waals surface area contributed by atoms with Gasteiger partial charge in [-0.05, 0) is 60.5 Å². The third kappa shape index (κ3) is 6.69. The number of halogens is 4. The lowest BCUT2D eigenvalue weighted by atomic mass is 10.1. The van der Waals surface area contributed by atoms with Crippen molar-refractivity contribution in [1.82, 2.24) is 9.80 Å². The molecule has 0 aliphatic heterocycles. The minimum atomic E-state index is -4.51. The molecule has 1 aromatic heterocycles. The zero-order valence-corrected chi connectivity index (χ0v) is 18.5. The van der Waals surface area contributed by atoms with Gasteiger partial charge in [-0.25, -0.2) is 4.39 Å². The minimum Gasteiger partial charge on any atom is -0.467 e. The van der Waals surface area contributed by atoms with Crippen molar-refractivity contribution in [1.29, 1.82) is 0 Å². The summed E-state index contributed by atoms with van der Waals surface area (Å²) in [5.41, 5.74) is -0.103. The summed E-state index contributed by atoms with van der Waals surface area (Å²) in [6, 6.07) is 13.0. The van der Waals surface area contributed by atoms with Crippen LogP contribution >= 0.6 is 0 Å². The molecule has 3 rings (SSSR count). The standard InChI is InChI=1S/C25H24F4N2O3/c1-2-13-30(24(33)19-7-9-20(10-8-19)25(27,28)29)17-23(32)31(16-22-4-3-14-34-22)15-18-5-11-21(26)12-6-18/h3-12,14H,2,13,15-17H2,1H3. The topological polar surface area (TPSA) is 53.8 Å². The molecule has 0 atom stereocenters. The zero-order chi connectivity index (χ0) is 24.7. The van der Waals surface area contributed by atoms with E-state index in [9.17, 15) is 27.2 Å². The van der Waals surface area contributed by atoms with Gasteiger partial charge in [0.2, 0.25) is 5.91 Å². The molecule has 0 fully saturated rings. The molecule has 0 radical (unpaired) electrons. The minimum absolute atomic E-state index is 0.0605. The lowest BCUT2D eigenvalue weighted by Gasteiger charge is -2.27. The second-order valence-corrected chi connectivity index (χ2v) is 7.76. The molecule has 34 heavy (non-hydrogen) atoms. The lowest BCUT2D eigenvalue weighted by molar-refractivity contribution is -0.137. The van der Waals surface area contributed by atoms with Crippen molar-refractivity contribution in [2.24, 2.45) is 0 Å². The van der Waals surface area contributed by atoms with E-state index in [1.807, 2.05) is 6.92 Å². The third-order valence-corrected chi connectivity index (χ3v) is 5.13. The van der Waals surface area contributed by atoms with Gasteiger partial charge in [-0.3, -0.25) is 9.59 Å². The molecule has 0 saturated carbocycles. The van der Waals surface area contributed by atoms with E-state index >= 15 is 0 Å². The fourth-order valence-electron chi connectivity index (χ4n) is 3.40. The van der Waals surface area contributed by atoms with Gasteiger partial charge in [-0.15, -0.1) is 0 Å². The normalized spacial score (nSPS) is 11.3. The molecule has 3 aromatic rings. The second kappa shape index (κ2) is 11.0. The summed E-state index contributed by atoms with van der Waals surface area (Å²) in [6.07, 6.45) is -2.48. The number of carbonyl (C=O) groups excluding carboxylic acids is 2. The fourth-order valence-corrected chi connectivity index (χ4v) is 3.40. The van der Waals surface area contributed by atoms with Crippen LogP contribution in [0.15, 0.2) is 71.3 Å². The molecule has 180 valence electrons. The molecular formula is C25H24F4N2O3. The van der Waals surface area contributed by atoms with Gasteiger partial charge in [0.05, 0.1) is 18.4 Å². The Morgan fingerprint density at radius 1 is 0.912 bits per heavy atom. The molecule has 0 spiro atoms. The van der Waals surface area contributed by atoms with E-state index in [2.05, 4.69) is 0 Å². The molecule has 2 amide bonds. The van der Waals surface area contributed by atoms with Gasteiger partial charge >= 0.3 is 6.18 Å². The van der Waals surface area contributed by atoms with Gasteiger partial charge < -0.3 is 14.2 Å². The second-order valence-electron chi connectivity index (χ2n) is 7.76. The van der Waals surface area contributed by atoms with Gasteiger partial charge in [0.25, 0.3) is 5.91 Å². The lowest BCUT2D eigenvalue weighted by Crippen LogP contribution is -2.42. The molecule has 1 heterocycles. The van der Waals surface area contributed by atoms with Crippen LogP contribution in [0.1, 0.15) is 40.6 Å². The van der Waals surface area contributed by atoms with E-state index in [0.717, 1.165) is 24.3 Å². The Labute approximate surface area is 194 Å². The maximum Gasteiger partial charge on any atom is 0.416 e. The molecule has 2 aromatic carbocycles. The zero-order valence-electron chi connectivity index (χ0n) is 18.5. The SMILES string of the molecule is CCCN(CC(=O)N(Cc1ccc(F)cc1)Cc1ccco1)C(=O)c1ccc(C(F)(F)F)cc1. The van der Waals surface area contributed by atoms with Crippen LogP contribution < -0.4 is 0 Å². The van der Waals surface area contributed by atoms with Crippen LogP contribution in [-0.2, 0) is 24.1 Å². The van der Waals surface area contributed by atoms with Crippen LogP contribution in [0.4, 0.5) is 17.6 Å². The quantitative estimate of drug-likeness (QED) is 0.382. The van der Waals surface area contributed by atoms with E-state index < -0.39 is 23.5 Å². The first-order valence-electron chi connectivity index (χ1n) is 10.7.